The van der Waals surface area contributed by atoms with Crippen molar-refractivity contribution in [2.24, 2.45) is 4.99 Å². The molecule has 0 radical (unpaired) electrons. The van der Waals surface area contributed by atoms with Gasteiger partial charge in [0.1, 0.15) is 0 Å². The summed E-state index contributed by atoms with van der Waals surface area (Å²) in [5, 5.41) is 10.7. The molecule has 0 spiro atoms. The third-order valence-corrected chi connectivity index (χ3v) is 3.10. The second-order valence-electron chi connectivity index (χ2n) is 3.85. The van der Waals surface area contributed by atoms with Crippen LogP contribution in [0.4, 0.5) is 0 Å². The number of rotatable bonds is 6. The quantitative estimate of drug-likeness (QED) is 0.345. The standard InChI is InChI=1S/C13H21N3S.HI/c1-4-7-15-13(14-5-2)16-9-11(3)12-6-8-17-10-12;/h4,6,8,10-11H,1,5,7,9H2,2-3H3,(H2,14,15,16);1H. The van der Waals surface area contributed by atoms with Crippen LogP contribution in [0.3, 0.4) is 0 Å². The first-order valence-corrected chi connectivity index (χ1v) is 6.87. The van der Waals surface area contributed by atoms with Crippen molar-refractivity contribution < 1.29 is 0 Å². The lowest BCUT2D eigenvalue weighted by Crippen LogP contribution is -2.37. The Balaban J connectivity index is 0.00000289. The van der Waals surface area contributed by atoms with Gasteiger partial charge >= 0.3 is 0 Å². The summed E-state index contributed by atoms with van der Waals surface area (Å²) in [7, 11) is 0. The molecule has 0 saturated heterocycles. The van der Waals surface area contributed by atoms with Gasteiger partial charge in [0.05, 0.1) is 0 Å². The number of nitrogens with one attached hydrogen (secondary N) is 2. The molecule has 5 heteroatoms. The molecule has 2 N–H and O–H groups in total. The molecule has 1 atom stereocenters. The van der Waals surface area contributed by atoms with Crippen LogP contribution in [0.2, 0.25) is 0 Å². The molecule has 3 nitrogen and oxygen atoms in total. The fraction of sp³-hybridized carbons (Fsp3) is 0.462. The van der Waals surface area contributed by atoms with Crippen LogP contribution in [0.25, 0.3) is 0 Å². The summed E-state index contributed by atoms with van der Waals surface area (Å²) in [6.45, 7) is 10.3. The number of halogens is 1. The van der Waals surface area contributed by atoms with Gasteiger partial charge in [-0.05, 0) is 29.3 Å². The smallest absolute Gasteiger partial charge is 0.191 e. The van der Waals surface area contributed by atoms with Crippen molar-refractivity contribution in [1.29, 1.82) is 0 Å². The van der Waals surface area contributed by atoms with Gasteiger partial charge < -0.3 is 10.6 Å². The van der Waals surface area contributed by atoms with Crippen LogP contribution >= 0.6 is 35.3 Å². The van der Waals surface area contributed by atoms with E-state index in [9.17, 15) is 0 Å². The SMILES string of the molecule is C=CCNC(=NCC(C)c1ccsc1)NCC.I. The first kappa shape index (κ1) is 17.4. The van der Waals surface area contributed by atoms with E-state index in [0.717, 1.165) is 25.6 Å². The summed E-state index contributed by atoms with van der Waals surface area (Å²) >= 11 is 1.73. The molecule has 0 aliphatic rings. The molecule has 1 rings (SSSR count). The third kappa shape index (κ3) is 6.39. The average molecular weight is 379 g/mol. The minimum Gasteiger partial charge on any atom is -0.357 e. The van der Waals surface area contributed by atoms with Crippen molar-refractivity contribution in [3.8, 4) is 0 Å². The fourth-order valence-corrected chi connectivity index (χ4v) is 2.18. The first-order chi connectivity index (χ1) is 8.27. The zero-order chi connectivity index (χ0) is 12.5. The van der Waals surface area contributed by atoms with E-state index in [4.69, 9.17) is 0 Å². The third-order valence-electron chi connectivity index (χ3n) is 2.39. The fourth-order valence-electron chi connectivity index (χ4n) is 1.40. The van der Waals surface area contributed by atoms with Crippen molar-refractivity contribution in [3.63, 3.8) is 0 Å². The monoisotopic (exact) mass is 379 g/mol. The molecule has 1 heterocycles. The van der Waals surface area contributed by atoms with E-state index in [-0.39, 0.29) is 24.0 Å². The summed E-state index contributed by atoms with van der Waals surface area (Å²) in [6, 6.07) is 2.16. The van der Waals surface area contributed by atoms with Crippen LogP contribution in [0, 0.1) is 0 Å². The second-order valence-corrected chi connectivity index (χ2v) is 4.63. The number of guanidine groups is 1. The molecule has 0 bridgehead atoms. The van der Waals surface area contributed by atoms with Crippen LogP contribution in [0.1, 0.15) is 25.3 Å². The Morgan fingerprint density at radius 1 is 1.56 bits per heavy atom. The zero-order valence-electron chi connectivity index (χ0n) is 11.0. The predicted octanol–water partition coefficient (Wildman–Crippen LogP) is 3.21. The lowest BCUT2D eigenvalue weighted by Gasteiger charge is -2.11. The van der Waals surface area contributed by atoms with E-state index in [2.05, 4.69) is 52.9 Å². The Kier molecular flexibility index (Phi) is 10.0. The van der Waals surface area contributed by atoms with Crippen LogP contribution < -0.4 is 10.6 Å². The lowest BCUT2D eigenvalue weighted by molar-refractivity contribution is 0.759. The molecule has 1 unspecified atom stereocenters. The van der Waals surface area contributed by atoms with Crippen molar-refractivity contribution >= 4 is 41.3 Å². The minimum atomic E-state index is 0. The first-order valence-electron chi connectivity index (χ1n) is 5.93. The highest BCUT2D eigenvalue weighted by molar-refractivity contribution is 14.0. The maximum absolute atomic E-state index is 4.56. The Labute approximate surface area is 131 Å². The van der Waals surface area contributed by atoms with E-state index in [0.29, 0.717) is 5.92 Å². The maximum atomic E-state index is 4.56. The van der Waals surface area contributed by atoms with Gasteiger partial charge in [-0.2, -0.15) is 11.3 Å². The van der Waals surface area contributed by atoms with Crippen LogP contribution in [0.15, 0.2) is 34.5 Å². The summed E-state index contributed by atoms with van der Waals surface area (Å²) in [4.78, 5) is 4.56. The lowest BCUT2D eigenvalue weighted by atomic mass is 10.1. The Hall–Kier alpha value is -0.560. The number of thiophene rings is 1. The summed E-state index contributed by atoms with van der Waals surface area (Å²) in [5.41, 5.74) is 1.36. The van der Waals surface area contributed by atoms with Crippen LogP contribution in [0.5, 0.6) is 0 Å². The van der Waals surface area contributed by atoms with Gasteiger partial charge in [-0.3, -0.25) is 4.99 Å². The highest BCUT2D eigenvalue weighted by atomic mass is 127. The zero-order valence-corrected chi connectivity index (χ0v) is 14.1. The molecule has 102 valence electrons. The van der Waals surface area contributed by atoms with E-state index >= 15 is 0 Å². The van der Waals surface area contributed by atoms with Gasteiger partial charge in [0.2, 0.25) is 0 Å². The van der Waals surface area contributed by atoms with Crippen LogP contribution in [-0.2, 0) is 0 Å². The predicted molar refractivity (Wildman–Crippen MR) is 92.3 cm³/mol. The molecule has 0 aliphatic heterocycles. The average Bonchev–Trinajstić information content (AvgIpc) is 2.86. The molecule has 0 saturated carbocycles. The molecule has 1 aromatic rings. The van der Waals surface area contributed by atoms with Crippen molar-refractivity contribution in [2.45, 2.75) is 19.8 Å². The largest absolute Gasteiger partial charge is 0.357 e. The van der Waals surface area contributed by atoms with Gasteiger partial charge in [0.15, 0.2) is 5.96 Å². The van der Waals surface area contributed by atoms with E-state index in [1.807, 2.05) is 6.08 Å². The number of nitrogens with zero attached hydrogens (tertiary/aromatic N) is 1. The van der Waals surface area contributed by atoms with Crippen molar-refractivity contribution in [2.75, 3.05) is 19.6 Å². The van der Waals surface area contributed by atoms with E-state index in [1.54, 1.807) is 11.3 Å². The van der Waals surface area contributed by atoms with E-state index in [1.165, 1.54) is 5.56 Å². The molecular weight excluding hydrogens is 357 g/mol. The normalized spacial score (nSPS) is 12.4. The van der Waals surface area contributed by atoms with Gasteiger partial charge in [-0.15, -0.1) is 30.6 Å². The Morgan fingerprint density at radius 2 is 2.33 bits per heavy atom. The van der Waals surface area contributed by atoms with Gasteiger partial charge in [-0.25, -0.2) is 0 Å². The summed E-state index contributed by atoms with van der Waals surface area (Å²) in [5.74, 6) is 1.31. The molecule has 0 aromatic carbocycles. The number of hydrogen-bond donors (Lipinski definition) is 2. The Bertz CT molecular complexity index is 349. The molecule has 0 aliphatic carbocycles. The minimum absolute atomic E-state index is 0. The van der Waals surface area contributed by atoms with Crippen molar-refractivity contribution in [1.82, 2.24) is 10.6 Å². The summed E-state index contributed by atoms with van der Waals surface area (Å²) < 4.78 is 0. The van der Waals surface area contributed by atoms with Crippen LogP contribution in [-0.4, -0.2) is 25.6 Å². The molecule has 0 amide bonds. The van der Waals surface area contributed by atoms with E-state index < -0.39 is 0 Å². The molecule has 0 fully saturated rings. The highest BCUT2D eigenvalue weighted by Crippen LogP contribution is 2.18. The number of aliphatic imine (C=N–C) groups is 1. The summed E-state index contributed by atoms with van der Waals surface area (Å²) in [6.07, 6.45) is 1.83. The molecular formula is C13H22IN3S. The number of hydrogen-bond acceptors (Lipinski definition) is 2. The van der Waals surface area contributed by atoms with Gasteiger partial charge in [0, 0.05) is 25.6 Å². The van der Waals surface area contributed by atoms with Gasteiger partial charge in [0.25, 0.3) is 0 Å². The van der Waals surface area contributed by atoms with Gasteiger partial charge in [-0.1, -0.05) is 13.0 Å². The molecule has 18 heavy (non-hydrogen) atoms. The molecule has 1 aromatic heterocycles. The topological polar surface area (TPSA) is 36.4 Å². The Morgan fingerprint density at radius 3 is 2.89 bits per heavy atom. The second kappa shape index (κ2) is 10.4. The van der Waals surface area contributed by atoms with Crippen molar-refractivity contribution in [3.05, 3.63) is 35.0 Å². The highest BCUT2D eigenvalue weighted by Gasteiger charge is 2.05. The maximum Gasteiger partial charge on any atom is 0.191 e.